The predicted octanol–water partition coefficient (Wildman–Crippen LogP) is 3.91. The van der Waals surface area contributed by atoms with Crippen molar-refractivity contribution in [3.05, 3.63) is 65.5 Å². The lowest BCUT2D eigenvalue weighted by Gasteiger charge is -2.27. The molecule has 0 aromatic heterocycles. The van der Waals surface area contributed by atoms with E-state index in [0.717, 1.165) is 5.56 Å². The molecule has 0 aliphatic heterocycles. The van der Waals surface area contributed by atoms with Crippen molar-refractivity contribution >= 4 is 5.69 Å². The van der Waals surface area contributed by atoms with Gasteiger partial charge in [0.05, 0.1) is 11.8 Å². The highest BCUT2D eigenvalue weighted by Gasteiger charge is 2.17. The van der Waals surface area contributed by atoms with E-state index in [1.165, 1.54) is 6.07 Å². The standard InChI is InChI=1S/C17H20FNO/c1-3-19(12-14-8-5-4-6-9-14)17-15(13(2)20)10-7-11-16(17)18/h4-11,13,20H,3,12H2,1-2H3. The van der Waals surface area contributed by atoms with Gasteiger partial charge in [-0.25, -0.2) is 4.39 Å². The fourth-order valence-electron chi connectivity index (χ4n) is 2.36. The minimum atomic E-state index is -0.689. The molecule has 2 aromatic carbocycles. The zero-order chi connectivity index (χ0) is 14.5. The van der Waals surface area contributed by atoms with Crippen LogP contribution in [0.15, 0.2) is 48.5 Å². The fourth-order valence-corrected chi connectivity index (χ4v) is 2.36. The molecular formula is C17H20FNO. The first kappa shape index (κ1) is 14.5. The third kappa shape index (κ3) is 3.17. The second kappa shape index (κ2) is 6.53. The molecule has 0 aliphatic rings. The van der Waals surface area contributed by atoms with Crippen molar-refractivity contribution in [1.82, 2.24) is 0 Å². The van der Waals surface area contributed by atoms with Gasteiger partial charge in [0.2, 0.25) is 0 Å². The van der Waals surface area contributed by atoms with E-state index in [-0.39, 0.29) is 5.82 Å². The third-order valence-electron chi connectivity index (χ3n) is 3.38. The number of para-hydroxylation sites is 1. The van der Waals surface area contributed by atoms with Gasteiger partial charge in [-0.15, -0.1) is 0 Å². The molecule has 0 bridgehead atoms. The molecule has 2 nitrogen and oxygen atoms in total. The second-order valence-corrected chi connectivity index (χ2v) is 4.85. The molecule has 106 valence electrons. The van der Waals surface area contributed by atoms with Gasteiger partial charge >= 0.3 is 0 Å². The van der Waals surface area contributed by atoms with Gasteiger partial charge in [0.1, 0.15) is 5.82 Å². The van der Waals surface area contributed by atoms with Crippen molar-refractivity contribution in [2.75, 3.05) is 11.4 Å². The first-order valence-electron chi connectivity index (χ1n) is 6.88. The molecular weight excluding hydrogens is 253 g/mol. The van der Waals surface area contributed by atoms with E-state index in [0.29, 0.717) is 24.3 Å². The van der Waals surface area contributed by atoms with Crippen molar-refractivity contribution in [1.29, 1.82) is 0 Å². The summed E-state index contributed by atoms with van der Waals surface area (Å²) in [5.41, 5.74) is 2.24. The van der Waals surface area contributed by atoms with Crippen molar-refractivity contribution in [3.63, 3.8) is 0 Å². The third-order valence-corrected chi connectivity index (χ3v) is 3.38. The molecule has 0 heterocycles. The number of rotatable bonds is 5. The van der Waals surface area contributed by atoms with Gasteiger partial charge in [0, 0.05) is 18.7 Å². The highest BCUT2D eigenvalue weighted by molar-refractivity contribution is 5.56. The van der Waals surface area contributed by atoms with Crippen LogP contribution in [0.5, 0.6) is 0 Å². The van der Waals surface area contributed by atoms with Crippen LogP contribution in [-0.2, 0) is 6.54 Å². The minimum Gasteiger partial charge on any atom is -0.389 e. The number of benzene rings is 2. The molecule has 0 fully saturated rings. The normalized spacial score (nSPS) is 12.2. The Labute approximate surface area is 119 Å². The fraction of sp³-hybridized carbons (Fsp3) is 0.294. The van der Waals surface area contributed by atoms with Crippen LogP contribution in [0.3, 0.4) is 0 Å². The molecule has 2 rings (SSSR count). The summed E-state index contributed by atoms with van der Waals surface area (Å²) in [5, 5.41) is 9.85. The molecule has 20 heavy (non-hydrogen) atoms. The number of aliphatic hydroxyl groups excluding tert-OH is 1. The molecule has 0 saturated carbocycles. The Morgan fingerprint density at radius 3 is 2.40 bits per heavy atom. The maximum atomic E-state index is 14.2. The lowest BCUT2D eigenvalue weighted by atomic mass is 10.1. The van der Waals surface area contributed by atoms with Gasteiger partial charge in [-0.1, -0.05) is 42.5 Å². The number of halogens is 1. The Morgan fingerprint density at radius 2 is 1.80 bits per heavy atom. The molecule has 3 heteroatoms. The monoisotopic (exact) mass is 273 g/mol. The van der Waals surface area contributed by atoms with Crippen LogP contribution in [0.1, 0.15) is 31.1 Å². The van der Waals surface area contributed by atoms with Gasteiger partial charge in [0.15, 0.2) is 0 Å². The summed E-state index contributed by atoms with van der Waals surface area (Å²) in [4.78, 5) is 1.95. The highest BCUT2D eigenvalue weighted by Crippen LogP contribution is 2.30. The van der Waals surface area contributed by atoms with E-state index in [9.17, 15) is 9.50 Å². The predicted molar refractivity (Wildman–Crippen MR) is 80.2 cm³/mol. The number of anilines is 1. The lowest BCUT2D eigenvalue weighted by molar-refractivity contribution is 0.199. The van der Waals surface area contributed by atoms with Gasteiger partial charge < -0.3 is 10.0 Å². The van der Waals surface area contributed by atoms with Gasteiger partial charge in [-0.3, -0.25) is 0 Å². The van der Waals surface area contributed by atoms with Gasteiger partial charge in [-0.2, -0.15) is 0 Å². The quantitative estimate of drug-likeness (QED) is 0.893. The molecule has 0 amide bonds. The number of aliphatic hydroxyl groups is 1. The first-order chi connectivity index (χ1) is 9.63. The number of hydrogen-bond donors (Lipinski definition) is 1. The average molecular weight is 273 g/mol. The van der Waals surface area contributed by atoms with E-state index in [2.05, 4.69) is 0 Å². The van der Waals surface area contributed by atoms with E-state index < -0.39 is 6.10 Å². The summed E-state index contributed by atoms with van der Waals surface area (Å²) in [6, 6.07) is 14.8. The lowest BCUT2D eigenvalue weighted by Crippen LogP contribution is -2.25. The van der Waals surface area contributed by atoms with E-state index >= 15 is 0 Å². The van der Waals surface area contributed by atoms with Crippen LogP contribution in [-0.4, -0.2) is 11.7 Å². The maximum absolute atomic E-state index is 14.2. The first-order valence-corrected chi connectivity index (χ1v) is 6.88. The molecule has 1 unspecified atom stereocenters. The van der Waals surface area contributed by atoms with E-state index in [4.69, 9.17) is 0 Å². The molecule has 0 spiro atoms. The van der Waals surface area contributed by atoms with Crippen molar-refractivity contribution in [3.8, 4) is 0 Å². The number of hydrogen-bond acceptors (Lipinski definition) is 2. The summed E-state index contributed by atoms with van der Waals surface area (Å²) in [6.45, 7) is 4.95. The van der Waals surface area contributed by atoms with Crippen LogP contribution in [0.25, 0.3) is 0 Å². The van der Waals surface area contributed by atoms with Crippen LogP contribution in [0, 0.1) is 5.82 Å². The average Bonchev–Trinajstić information content (AvgIpc) is 2.46. The summed E-state index contributed by atoms with van der Waals surface area (Å²) in [6.07, 6.45) is -0.689. The molecule has 1 N–H and O–H groups in total. The molecule has 2 aromatic rings. The SMILES string of the molecule is CCN(Cc1ccccc1)c1c(F)cccc1C(C)O. The van der Waals surface area contributed by atoms with Crippen molar-refractivity contribution in [2.45, 2.75) is 26.5 Å². The Bertz CT molecular complexity index is 554. The Balaban J connectivity index is 2.37. The summed E-state index contributed by atoms with van der Waals surface area (Å²) in [7, 11) is 0. The second-order valence-electron chi connectivity index (χ2n) is 4.85. The van der Waals surface area contributed by atoms with E-state index in [1.807, 2.05) is 42.2 Å². The van der Waals surface area contributed by atoms with Gasteiger partial charge in [0.25, 0.3) is 0 Å². The Morgan fingerprint density at radius 1 is 1.10 bits per heavy atom. The minimum absolute atomic E-state index is 0.291. The number of nitrogens with zero attached hydrogens (tertiary/aromatic N) is 1. The van der Waals surface area contributed by atoms with Crippen molar-refractivity contribution < 1.29 is 9.50 Å². The largest absolute Gasteiger partial charge is 0.389 e. The zero-order valence-corrected chi connectivity index (χ0v) is 11.9. The van der Waals surface area contributed by atoms with Gasteiger partial charge in [-0.05, 0) is 25.5 Å². The van der Waals surface area contributed by atoms with Crippen LogP contribution in [0.2, 0.25) is 0 Å². The molecule has 0 aliphatic carbocycles. The summed E-state index contributed by atoms with van der Waals surface area (Å²) < 4.78 is 14.2. The molecule has 0 saturated heterocycles. The van der Waals surface area contributed by atoms with Crippen LogP contribution < -0.4 is 4.90 Å². The summed E-state index contributed by atoms with van der Waals surface area (Å²) in [5.74, 6) is -0.291. The topological polar surface area (TPSA) is 23.5 Å². The Kier molecular flexibility index (Phi) is 4.74. The summed E-state index contributed by atoms with van der Waals surface area (Å²) >= 11 is 0. The van der Waals surface area contributed by atoms with Crippen LogP contribution >= 0.6 is 0 Å². The smallest absolute Gasteiger partial charge is 0.146 e. The maximum Gasteiger partial charge on any atom is 0.146 e. The van der Waals surface area contributed by atoms with Crippen LogP contribution in [0.4, 0.5) is 10.1 Å². The Hall–Kier alpha value is -1.87. The molecule has 1 atom stereocenters. The van der Waals surface area contributed by atoms with Crippen molar-refractivity contribution in [2.24, 2.45) is 0 Å². The molecule has 0 radical (unpaired) electrons. The zero-order valence-electron chi connectivity index (χ0n) is 11.9. The van der Waals surface area contributed by atoms with E-state index in [1.54, 1.807) is 19.1 Å². The highest BCUT2D eigenvalue weighted by atomic mass is 19.1.